The lowest BCUT2D eigenvalue weighted by molar-refractivity contribution is 0.772. The van der Waals surface area contributed by atoms with E-state index in [2.05, 4.69) is 114 Å². The minimum absolute atomic E-state index is 0.0400. The van der Waals surface area contributed by atoms with Crippen LogP contribution in [0.15, 0.2) is 91.0 Å². The third-order valence-electron chi connectivity index (χ3n) is 3.75. The molecule has 0 atom stereocenters. The zero-order chi connectivity index (χ0) is 14.5. The summed E-state index contributed by atoms with van der Waals surface area (Å²) in [5.74, 6) is 0. The summed E-state index contributed by atoms with van der Waals surface area (Å²) in [6.45, 7) is 0. The van der Waals surface area contributed by atoms with Crippen molar-refractivity contribution in [2.45, 2.75) is 9.84 Å². The van der Waals surface area contributed by atoms with Crippen molar-refractivity contribution in [3.8, 4) is 0 Å². The van der Waals surface area contributed by atoms with Crippen LogP contribution >= 0.6 is 22.6 Å². The van der Waals surface area contributed by atoms with Gasteiger partial charge in [-0.1, -0.05) is 114 Å². The topological polar surface area (TPSA) is 0 Å². The highest BCUT2D eigenvalue weighted by Crippen LogP contribution is 2.42. The van der Waals surface area contributed by atoms with Crippen molar-refractivity contribution in [3.63, 3.8) is 0 Å². The molecular formula is C20H17I. The molecule has 0 spiro atoms. The Labute approximate surface area is 140 Å². The van der Waals surface area contributed by atoms with Gasteiger partial charge in [0, 0.05) is 0 Å². The average Bonchev–Trinajstić information content (AvgIpc) is 2.57. The second kappa shape index (κ2) is 6.44. The van der Waals surface area contributed by atoms with Crippen LogP contribution in [0, 0.1) is 0 Å². The number of halogens is 1. The van der Waals surface area contributed by atoms with E-state index in [-0.39, 0.29) is 3.42 Å². The quantitative estimate of drug-likeness (QED) is 0.405. The van der Waals surface area contributed by atoms with Crippen LogP contribution < -0.4 is 0 Å². The van der Waals surface area contributed by atoms with Crippen LogP contribution in [0.1, 0.15) is 16.7 Å². The molecule has 0 unspecified atom stereocenters. The Hall–Kier alpha value is -1.61. The Bertz CT molecular complexity index is 635. The van der Waals surface area contributed by atoms with Gasteiger partial charge in [0.15, 0.2) is 0 Å². The standard InChI is InChI=1S/C20H17I/c21-20(18-12-6-2-7-13-18,19-14-8-3-9-15-19)16-17-10-4-1-5-11-17/h1-15H,16H2. The first-order chi connectivity index (χ1) is 10.3. The number of rotatable bonds is 4. The van der Waals surface area contributed by atoms with Crippen molar-refractivity contribution >= 4 is 22.6 Å². The lowest BCUT2D eigenvalue weighted by Crippen LogP contribution is -2.22. The van der Waals surface area contributed by atoms with E-state index in [1.807, 2.05) is 0 Å². The molecular weight excluding hydrogens is 367 g/mol. The molecule has 0 bridgehead atoms. The SMILES string of the molecule is IC(Cc1ccccc1)(c1ccccc1)c1ccccc1. The zero-order valence-corrected chi connectivity index (χ0v) is 13.9. The summed E-state index contributed by atoms with van der Waals surface area (Å²) in [7, 11) is 0. The van der Waals surface area contributed by atoms with Crippen LogP contribution in [0.4, 0.5) is 0 Å². The van der Waals surface area contributed by atoms with Crippen LogP contribution in [0.3, 0.4) is 0 Å². The van der Waals surface area contributed by atoms with Gasteiger partial charge in [-0.25, -0.2) is 0 Å². The summed E-state index contributed by atoms with van der Waals surface area (Å²) in [6.07, 6.45) is 0.989. The Kier molecular flexibility index (Phi) is 4.39. The van der Waals surface area contributed by atoms with Crippen molar-refractivity contribution in [2.24, 2.45) is 0 Å². The molecule has 0 saturated carbocycles. The summed E-state index contributed by atoms with van der Waals surface area (Å²) in [6, 6.07) is 32.3. The van der Waals surface area contributed by atoms with Gasteiger partial charge < -0.3 is 0 Å². The maximum absolute atomic E-state index is 2.61. The number of benzene rings is 3. The second-order valence-electron chi connectivity index (χ2n) is 5.20. The van der Waals surface area contributed by atoms with Crippen molar-refractivity contribution in [1.82, 2.24) is 0 Å². The Balaban J connectivity index is 2.07. The monoisotopic (exact) mass is 384 g/mol. The molecule has 0 fully saturated rings. The second-order valence-corrected chi connectivity index (χ2v) is 7.04. The Morgan fingerprint density at radius 3 is 1.38 bits per heavy atom. The number of hydrogen-bond acceptors (Lipinski definition) is 0. The van der Waals surface area contributed by atoms with E-state index in [1.165, 1.54) is 16.7 Å². The Morgan fingerprint density at radius 1 is 0.571 bits per heavy atom. The molecule has 0 heterocycles. The van der Waals surface area contributed by atoms with Crippen molar-refractivity contribution in [1.29, 1.82) is 0 Å². The van der Waals surface area contributed by atoms with E-state index in [1.54, 1.807) is 0 Å². The molecule has 0 nitrogen and oxygen atoms in total. The summed E-state index contributed by atoms with van der Waals surface area (Å²) in [4.78, 5) is 0. The van der Waals surface area contributed by atoms with Crippen LogP contribution in [0.25, 0.3) is 0 Å². The fraction of sp³-hybridized carbons (Fsp3) is 0.100. The fourth-order valence-electron chi connectivity index (χ4n) is 2.65. The highest BCUT2D eigenvalue weighted by atomic mass is 127. The third kappa shape index (κ3) is 3.18. The summed E-state index contributed by atoms with van der Waals surface area (Å²) < 4.78 is -0.0400. The van der Waals surface area contributed by atoms with Crippen LogP contribution in [-0.2, 0) is 9.84 Å². The first kappa shape index (κ1) is 14.3. The molecule has 3 rings (SSSR count). The van der Waals surface area contributed by atoms with Crippen LogP contribution in [0.5, 0.6) is 0 Å². The summed E-state index contributed by atoms with van der Waals surface area (Å²) >= 11 is 2.61. The van der Waals surface area contributed by atoms with Crippen molar-refractivity contribution in [3.05, 3.63) is 108 Å². The maximum atomic E-state index is 2.61. The van der Waals surface area contributed by atoms with Gasteiger partial charge in [-0.2, -0.15) is 0 Å². The molecule has 1 heteroatoms. The van der Waals surface area contributed by atoms with Crippen LogP contribution in [0.2, 0.25) is 0 Å². The summed E-state index contributed by atoms with van der Waals surface area (Å²) in [5.41, 5.74) is 4.06. The molecule has 104 valence electrons. The first-order valence-electron chi connectivity index (χ1n) is 7.13. The molecule has 0 amide bonds. The molecule has 21 heavy (non-hydrogen) atoms. The number of alkyl halides is 1. The molecule has 0 aliphatic heterocycles. The minimum atomic E-state index is -0.0400. The maximum Gasteiger partial charge on any atom is 0.0758 e. The lowest BCUT2D eigenvalue weighted by Gasteiger charge is -2.29. The fourth-order valence-corrected chi connectivity index (χ4v) is 3.81. The predicted molar refractivity (Wildman–Crippen MR) is 97.8 cm³/mol. The molecule has 0 aliphatic carbocycles. The van der Waals surface area contributed by atoms with Gasteiger partial charge in [0.1, 0.15) is 0 Å². The van der Waals surface area contributed by atoms with E-state index in [0.717, 1.165) is 6.42 Å². The van der Waals surface area contributed by atoms with E-state index in [0.29, 0.717) is 0 Å². The molecule has 3 aromatic carbocycles. The average molecular weight is 384 g/mol. The smallest absolute Gasteiger partial charge is 0.0680 e. The van der Waals surface area contributed by atoms with Gasteiger partial charge in [-0.3, -0.25) is 0 Å². The highest BCUT2D eigenvalue weighted by Gasteiger charge is 2.31. The number of hydrogen-bond donors (Lipinski definition) is 0. The molecule has 0 aliphatic rings. The normalized spacial score (nSPS) is 11.3. The van der Waals surface area contributed by atoms with E-state index in [9.17, 15) is 0 Å². The molecule has 0 radical (unpaired) electrons. The van der Waals surface area contributed by atoms with Gasteiger partial charge in [-0.15, -0.1) is 0 Å². The van der Waals surface area contributed by atoms with E-state index >= 15 is 0 Å². The first-order valence-corrected chi connectivity index (χ1v) is 8.21. The van der Waals surface area contributed by atoms with Crippen molar-refractivity contribution in [2.75, 3.05) is 0 Å². The van der Waals surface area contributed by atoms with Crippen LogP contribution in [-0.4, -0.2) is 0 Å². The molecule has 3 aromatic rings. The van der Waals surface area contributed by atoms with Gasteiger partial charge in [0.25, 0.3) is 0 Å². The van der Waals surface area contributed by atoms with E-state index in [4.69, 9.17) is 0 Å². The summed E-state index contributed by atoms with van der Waals surface area (Å²) in [5, 5.41) is 0. The van der Waals surface area contributed by atoms with Gasteiger partial charge in [0.2, 0.25) is 0 Å². The van der Waals surface area contributed by atoms with Gasteiger partial charge in [0.05, 0.1) is 3.42 Å². The molecule has 0 N–H and O–H groups in total. The lowest BCUT2D eigenvalue weighted by atomic mass is 9.86. The van der Waals surface area contributed by atoms with Gasteiger partial charge >= 0.3 is 0 Å². The molecule has 0 saturated heterocycles. The van der Waals surface area contributed by atoms with Gasteiger partial charge in [-0.05, 0) is 23.1 Å². The largest absolute Gasteiger partial charge is 0.0758 e. The zero-order valence-electron chi connectivity index (χ0n) is 11.7. The molecule has 0 aromatic heterocycles. The Morgan fingerprint density at radius 2 is 0.952 bits per heavy atom. The van der Waals surface area contributed by atoms with E-state index < -0.39 is 0 Å². The highest BCUT2D eigenvalue weighted by molar-refractivity contribution is 14.1. The minimum Gasteiger partial charge on any atom is -0.0680 e. The third-order valence-corrected chi connectivity index (χ3v) is 5.38. The van der Waals surface area contributed by atoms with Crippen molar-refractivity contribution < 1.29 is 0 Å². The predicted octanol–water partition coefficient (Wildman–Crippen LogP) is 5.61.